The first-order valence-corrected chi connectivity index (χ1v) is 13.8. The summed E-state index contributed by atoms with van der Waals surface area (Å²) in [4.78, 5) is 51.4. The van der Waals surface area contributed by atoms with E-state index in [4.69, 9.17) is 9.72 Å². The van der Waals surface area contributed by atoms with Crippen LogP contribution in [0.3, 0.4) is 0 Å². The normalized spacial score (nSPS) is 17.3. The van der Waals surface area contributed by atoms with E-state index < -0.39 is 0 Å². The van der Waals surface area contributed by atoms with Crippen LogP contribution in [0, 0.1) is 0 Å². The summed E-state index contributed by atoms with van der Waals surface area (Å²) in [5.74, 6) is 0.146. The van der Waals surface area contributed by atoms with Crippen LogP contribution in [0.15, 0.2) is 35.8 Å². The molecule has 0 spiro atoms. The number of aromatic nitrogens is 2. The molecule has 0 atom stereocenters. The Labute approximate surface area is 220 Å². The van der Waals surface area contributed by atoms with E-state index in [1.165, 1.54) is 11.3 Å². The van der Waals surface area contributed by atoms with E-state index in [2.05, 4.69) is 4.98 Å². The van der Waals surface area contributed by atoms with Gasteiger partial charge in [0.25, 0.3) is 5.91 Å². The van der Waals surface area contributed by atoms with E-state index in [0.717, 1.165) is 34.3 Å². The zero-order valence-corrected chi connectivity index (χ0v) is 22.0. The summed E-state index contributed by atoms with van der Waals surface area (Å²) >= 11 is 1.54. The average Bonchev–Trinajstić information content (AvgIpc) is 3.57. The fourth-order valence-electron chi connectivity index (χ4n) is 5.16. The number of esters is 1. The molecule has 2 aliphatic heterocycles. The monoisotopic (exact) mass is 523 g/mol. The first-order valence-electron chi connectivity index (χ1n) is 13.0. The number of para-hydroxylation sites is 1. The standard InChI is InChI=1S/C27H33N5O4S/c1-2-36-25(34)17-30-11-13-32(14-12-30)27(35)23-18-37-26(29-23)19-7-9-31(10-8-19)24(33)15-20-16-28-22-6-4-3-5-21(20)22/h3-6,16,18-19,28H,2,7-15,17H2,1H3. The average molecular weight is 524 g/mol. The Balaban J connectivity index is 1.10. The van der Waals surface area contributed by atoms with Crippen LogP contribution in [-0.4, -0.2) is 94.9 Å². The Bertz CT molecular complexity index is 1250. The summed E-state index contributed by atoms with van der Waals surface area (Å²) < 4.78 is 5.01. The molecule has 3 aromatic rings. The van der Waals surface area contributed by atoms with Gasteiger partial charge in [-0.15, -0.1) is 11.3 Å². The molecule has 0 unspecified atom stereocenters. The molecule has 2 fully saturated rings. The van der Waals surface area contributed by atoms with Crippen molar-refractivity contribution in [1.82, 2.24) is 24.7 Å². The molecule has 9 nitrogen and oxygen atoms in total. The number of carbonyl (C=O) groups is 3. The van der Waals surface area contributed by atoms with Crippen molar-refractivity contribution in [2.75, 3.05) is 52.4 Å². The van der Waals surface area contributed by atoms with Gasteiger partial charge in [0.15, 0.2) is 0 Å². The lowest BCUT2D eigenvalue weighted by Gasteiger charge is -2.33. The Morgan fingerprint density at radius 3 is 2.57 bits per heavy atom. The molecular formula is C27H33N5O4S. The van der Waals surface area contributed by atoms with Gasteiger partial charge in [0.1, 0.15) is 5.69 Å². The number of rotatable bonds is 7. The minimum absolute atomic E-state index is 0.0513. The Kier molecular flexibility index (Phi) is 7.85. The van der Waals surface area contributed by atoms with E-state index >= 15 is 0 Å². The summed E-state index contributed by atoms with van der Waals surface area (Å²) in [5, 5.41) is 3.94. The van der Waals surface area contributed by atoms with E-state index in [9.17, 15) is 14.4 Å². The summed E-state index contributed by atoms with van der Waals surface area (Å²) in [5.41, 5.74) is 2.58. The maximum Gasteiger partial charge on any atom is 0.320 e. The number of carbonyl (C=O) groups excluding carboxylic acids is 3. The van der Waals surface area contributed by atoms with Crippen LogP contribution in [0.1, 0.15) is 46.7 Å². The minimum atomic E-state index is -0.225. The molecule has 2 amide bonds. The highest BCUT2D eigenvalue weighted by Crippen LogP contribution is 2.31. The number of nitrogens with one attached hydrogen (secondary N) is 1. The summed E-state index contributed by atoms with van der Waals surface area (Å²) in [6.07, 6.45) is 4.04. The first-order chi connectivity index (χ1) is 18.0. The fraction of sp³-hybridized carbons (Fsp3) is 0.481. The van der Waals surface area contributed by atoms with Crippen LogP contribution in [0.25, 0.3) is 10.9 Å². The SMILES string of the molecule is CCOC(=O)CN1CCN(C(=O)c2csc(C3CCN(C(=O)Cc4c[nH]c5ccccc45)CC3)n2)CC1. The van der Waals surface area contributed by atoms with Crippen molar-refractivity contribution in [1.29, 1.82) is 0 Å². The number of piperidine rings is 1. The van der Waals surface area contributed by atoms with Gasteiger partial charge >= 0.3 is 5.97 Å². The summed E-state index contributed by atoms with van der Waals surface area (Å²) in [6, 6.07) is 8.05. The van der Waals surface area contributed by atoms with Crippen LogP contribution in [0.2, 0.25) is 0 Å². The van der Waals surface area contributed by atoms with Crippen molar-refractivity contribution in [2.45, 2.75) is 32.1 Å². The Hall–Kier alpha value is -3.24. The lowest BCUT2D eigenvalue weighted by molar-refractivity contribution is -0.144. The van der Waals surface area contributed by atoms with Gasteiger partial charge in [-0.2, -0.15) is 0 Å². The fourth-order valence-corrected chi connectivity index (χ4v) is 6.13. The second-order valence-electron chi connectivity index (χ2n) is 9.64. The third-order valence-electron chi connectivity index (χ3n) is 7.27. The van der Waals surface area contributed by atoms with Crippen LogP contribution >= 0.6 is 11.3 Å². The molecule has 4 heterocycles. The number of hydrogen-bond acceptors (Lipinski definition) is 7. The van der Waals surface area contributed by atoms with Gasteiger partial charge < -0.3 is 19.5 Å². The van der Waals surface area contributed by atoms with Crippen LogP contribution in [0.5, 0.6) is 0 Å². The first kappa shape index (κ1) is 25.4. The molecule has 0 radical (unpaired) electrons. The molecule has 1 aromatic carbocycles. The van der Waals surface area contributed by atoms with E-state index in [1.807, 2.05) is 50.5 Å². The molecule has 1 N–H and O–H groups in total. The predicted octanol–water partition coefficient (Wildman–Crippen LogP) is 2.89. The van der Waals surface area contributed by atoms with E-state index in [-0.39, 0.29) is 30.2 Å². The highest BCUT2D eigenvalue weighted by Gasteiger charge is 2.29. The minimum Gasteiger partial charge on any atom is -0.465 e. The highest BCUT2D eigenvalue weighted by molar-refractivity contribution is 7.09. The maximum atomic E-state index is 13.0. The number of piperazine rings is 1. The number of likely N-dealkylation sites (tertiary alicyclic amines) is 1. The molecule has 0 bridgehead atoms. The summed E-state index contributed by atoms with van der Waals surface area (Å²) in [7, 11) is 0. The van der Waals surface area contributed by atoms with Gasteiger partial charge in [-0.05, 0) is 31.4 Å². The zero-order valence-electron chi connectivity index (χ0n) is 21.1. The van der Waals surface area contributed by atoms with E-state index in [0.29, 0.717) is 58.0 Å². The molecular weight excluding hydrogens is 490 g/mol. The lowest BCUT2D eigenvalue weighted by atomic mass is 9.97. The number of amides is 2. The van der Waals surface area contributed by atoms with Crippen molar-refractivity contribution in [2.24, 2.45) is 0 Å². The topological polar surface area (TPSA) is 98.8 Å². The van der Waals surface area contributed by atoms with Crippen molar-refractivity contribution >= 4 is 40.0 Å². The second-order valence-corrected chi connectivity index (χ2v) is 10.5. The summed E-state index contributed by atoms with van der Waals surface area (Å²) in [6.45, 7) is 6.28. The Morgan fingerprint density at radius 1 is 1.05 bits per heavy atom. The number of H-pyrrole nitrogens is 1. The number of benzene rings is 1. The van der Waals surface area contributed by atoms with Gasteiger partial charge in [-0.25, -0.2) is 4.98 Å². The number of hydrogen-bond donors (Lipinski definition) is 1. The maximum absolute atomic E-state index is 13.0. The molecule has 5 rings (SSSR count). The van der Waals surface area contributed by atoms with Crippen molar-refractivity contribution in [3.63, 3.8) is 0 Å². The number of fused-ring (bicyclic) bond motifs is 1. The van der Waals surface area contributed by atoms with Gasteiger partial charge in [0.2, 0.25) is 5.91 Å². The number of aromatic amines is 1. The van der Waals surface area contributed by atoms with Crippen molar-refractivity contribution < 1.29 is 19.1 Å². The van der Waals surface area contributed by atoms with E-state index in [1.54, 1.807) is 6.92 Å². The van der Waals surface area contributed by atoms with Gasteiger partial charge in [0, 0.05) is 67.7 Å². The van der Waals surface area contributed by atoms with Crippen LogP contribution in [0.4, 0.5) is 0 Å². The smallest absolute Gasteiger partial charge is 0.320 e. The third kappa shape index (κ3) is 5.86. The largest absolute Gasteiger partial charge is 0.465 e. The number of ether oxygens (including phenoxy) is 1. The van der Waals surface area contributed by atoms with Crippen molar-refractivity contribution in [3.05, 3.63) is 52.1 Å². The number of thiazole rings is 1. The molecule has 37 heavy (non-hydrogen) atoms. The Morgan fingerprint density at radius 2 is 1.81 bits per heavy atom. The third-order valence-corrected chi connectivity index (χ3v) is 8.28. The molecule has 2 aliphatic rings. The van der Waals surface area contributed by atoms with Crippen molar-refractivity contribution in [3.8, 4) is 0 Å². The van der Waals surface area contributed by atoms with Crippen LogP contribution in [-0.2, 0) is 20.7 Å². The molecule has 2 aromatic heterocycles. The molecule has 0 saturated carbocycles. The second kappa shape index (κ2) is 11.4. The number of nitrogens with zero attached hydrogens (tertiary/aromatic N) is 4. The zero-order chi connectivity index (χ0) is 25.8. The molecule has 0 aliphatic carbocycles. The highest BCUT2D eigenvalue weighted by atomic mass is 32.1. The molecule has 10 heteroatoms. The van der Waals surface area contributed by atoms with Gasteiger partial charge in [0.05, 0.1) is 24.6 Å². The van der Waals surface area contributed by atoms with Crippen LogP contribution < -0.4 is 0 Å². The van der Waals surface area contributed by atoms with Gasteiger partial charge in [-0.3, -0.25) is 19.3 Å². The lowest BCUT2D eigenvalue weighted by Crippen LogP contribution is -2.50. The molecule has 196 valence electrons. The quantitative estimate of drug-likeness (QED) is 0.478. The molecule has 2 saturated heterocycles. The van der Waals surface area contributed by atoms with Gasteiger partial charge in [-0.1, -0.05) is 18.2 Å². The predicted molar refractivity (Wildman–Crippen MR) is 142 cm³/mol.